The van der Waals surface area contributed by atoms with Crippen molar-refractivity contribution in [2.75, 3.05) is 7.11 Å². The van der Waals surface area contributed by atoms with E-state index in [4.69, 9.17) is 40.2 Å². The van der Waals surface area contributed by atoms with Crippen LogP contribution in [0.1, 0.15) is 24.9 Å². The highest BCUT2D eigenvalue weighted by Gasteiger charge is 2.32. The summed E-state index contributed by atoms with van der Waals surface area (Å²) in [7, 11) is 1.34. The van der Waals surface area contributed by atoms with Crippen molar-refractivity contribution in [2.24, 2.45) is 0 Å². The summed E-state index contributed by atoms with van der Waals surface area (Å²) in [6.45, 7) is 1.93. The summed E-state index contributed by atoms with van der Waals surface area (Å²) < 4.78 is 4.88. The van der Waals surface area contributed by atoms with Crippen molar-refractivity contribution in [3.8, 4) is 0 Å². The molecule has 1 atom stereocenters. The number of carbonyl (C=O) groups excluding carboxylic acids is 1. The summed E-state index contributed by atoms with van der Waals surface area (Å²) >= 11 is 17.5. The van der Waals surface area contributed by atoms with Crippen molar-refractivity contribution in [3.05, 3.63) is 45.1 Å². The summed E-state index contributed by atoms with van der Waals surface area (Å²) in [5, 5.41) is 7.27. The van der Waals surface area contributed by atoms with Crippen LogP contribution in [0.5, 0.6) is 0 Å². The highest BCUT2D eigenvalue weighted by Crippen LogP contribution is 2.36. The minimum atomic E-state index is -0.493. The van der Waals surface area contributed by atoms with E-state index in [2.05, 4.69) is 10.6 Å². The first-order chi connectivity index (χ1) is 9.99. The third-order valence-electron chi connectivity index (χ3n) is 3.20. The quantitative estimate of drug-likeness (QED) is 0.650. The van der Waals surface area contributed by atoms with E-state index in [0.717, 1.165) is 0 Å². The summed E-state index contributed by atoms with van der Waals surface area (Å²) in [5.74, 6) is -0.435. The number of carbonyl (C=O) groups is 1. The standard InChI is InChI=1S/C14H14Cl2N2O2S/c1-3-9-10(13(19)20-2)12(18-14(21)17-9)7-5-4-6-8(15)11(7)16/h4-6,12H,3H2,1-2H3,(H2,17,18,21)/t12-/m0/s1. The van der Waals surface area contributed by atoms with Gasteiger partial charge in [-0.25, -0.2) is 4.79 Å². The number of allylic oxidation sites excluding steroid dienone is 1. The van der Waals surface area contributed by atoms with Crippen LogP contribution in [-0.2, 0) is 9.53 Å². The van der Waals surface area contributed by atoms with Crippen LogP contribution < -0.4 is 10.6 Å². The van der Waals surface area contributed by atoms with Gasteiger partial charge in [-0.1, -0.05) is 42.3 Å². The predicted octanol–water partition coefficient (Wildman–Crippen LogP) is 3.35. The molecule has 7 heteroatoms. The summed E-state index contributed by atoms with van der Waals surface area (Å²) in [5.41, 5.74) is 1.85. The average molecular weight is 345 g/mol. The summed E-state index contributed by atoms with van der Waals surface area (Å²) in [4.78, 5) is 12.1. The zero-order valence-electron chi connectivity index (χ0n) is 11.5. The molecule has 0 unspecified atom stereocenters. The molecule has 21 heavy (non-hydrogen) atoms. The van der Waals surface area contributed by atoms with E-state index in [0.29, 0.717) is 38.4 Å². The zero-order valence-corrected chi connectivity index (χ0v) is 13.8. The van der Waals surface area contributed by atoms with Gasteiger partial charge in [0.25, 0.3) is 0 Å². The van der Waals surface area contributed by atoms with E-state index >= 15 is 0 Å². The van der Waals surface area contributed by atoms with Crippen LogP contribution in [0.3, 0.4) is 0 Å². The van der Waals surface area contributed by atoms with Crippen LogP contribution in [0, 0.1) is 0 Å². The second-order valence-electron chi connectivity index (χ2n) is 4.41. The smallest absolute Gasteiger partial charge is 0.337 e. The Morgan fingerprint density at radius 2 is 2.14 bits per heavy atom. The van der Waals surface area contributed by atoms with Crippen LogP contribution in [0.4, 0.5) is 0 Å². The molecule has 2 rings (SSSR count). The van der Waals surface area contributed by atoms with Crippen molar-refractivity contribution >= 4 is 46.5 Å². The number of thiocarbonyl (C=S) groups is 1. The highest BCUT2D eigenvalue weighted by atomic mass is 35.5. The normalized spacial score (nSPS) is 18.1. The van der Waals surface area contributed by atoms with E-state index in [1.807, 2.05) is 6.92 Å². The van der Waals surface area contributed by atoms with Crippen LogP contribution >= 0.6 is 35.4 Å². The fourth-order valence-corrected chi connectivity index (χ4v) is 2.88. The van der Waals surface area contributed by atoms with Gasteiger partial charge in [-0.3, -0.25) is 0 Å². The van der Waals surface area contributed by atoms with E-state index in [1.54, 1.807) is 18.2 Å². The maximum atomic E-state index is 12.1. The molecule has 112 valence electrons. The molecule has 1 aromatic rings. The van der Waals surface area contributed by atoms with Crippen LogP contribution in [-0.4, -0.2) is 18.2 Å². The Kier molecular flexibility index (Phi) is 5.08. The Bertz CT molecular complexity index is 631. The minimum Gasteiger partial charge on any atom is -0.466 e. The van der Waals surface area contributed by atoms with Gasteiger partial charge in [-0.05, 0) is 30.3 Å². The van der Waals surface area contributed by atoms with Crippen LogP contribution in [0.25, 0.3) is 0 Å². The lowest BCUT2D eigenvalue weighted by atomic mass is 9.94. The molecule has 0 fully saturated rings. The number of halogens is 2. The molecule has 0 spiro atoms. The van der Waals surface area contributed by atoms with E-state index in [9.17, 15) is 4.79 Å². The Morgan fingerprint density at radius 3 is 2.76 bits per heavy atom. The minimum absolute atomic E-state index is 0.387. The van der Waals surface area contributed by atoms with Gasteiger partial charge >= 0.3 is 5.97 Å². The Hall–Kier alpha value is -1.30. The molecule has 0 radical (unpaired) electrons. The van der Waals surface area contributed by atoms with Crippen molar-refractivity contribution in [3.63, 3.8) is 0 Å². The van der Waals surface area contributed by atoms with Crippen molar-refractivity contribution in [1.29, 1.82) is 0 Å². The molecule has 0 saturated heterocycles. The van der Waals surface area contributed by atoms with Gasteiger partial charge < -0.3 is 15.4 Å². The maximum Gasteiger partial charge on any atom is 0.337 e. The number of rotatable bonds is 3. The molecule has 0 aromatic heterocycles. The van der Waals surface area contributed by atoms with Gasteiger partial charge in [0.05, 0.1) is 28.8 Å². The van der Waals surface area contributed by atoms with Crippen molar-refractivity contribution in [2.45, 2.75) is 19.4 Å². The first-order valence-electron chi connectivity index (χ1n) is 6.32. The molecule has 0 saturated carbocycles. The summed E-state index contributed by atoms with van der Waals surface area (Å²) in [6, 6.07) is 4.77. The van der Waals surface area contributed by atoms with Gasteiger partial charge in [-0.2, -0.15) is 0 Å². The number of hydrogen-bond donors (Lipinski definition) is 2. The fourth-order valence-electron chi connectivity index (χ4n) is 2.22. The topological polar surface area (TPSA) is 50.4 Å². The molecular weight excluding hydrogens is 331 g/mol. The van der Waals surface area contributed by atoms with Gasteiger partial charge in [0, 0.05) is 5.70 Å². The molecule has 1 aliphatic rings. The SMILES string of the molecule is CCC1=C(C(=O)OC)[C@H](c2cccc(Cl)c2Cl)NC(=S)N1. The van der Waals surface area contributed by atoms with E-state index in [-0.39, 0.29) is 0 Å². The first kappa shape index (κ1) is 16.1. The molecule has 1 aromatic carbocycles. The molecule has 4 nitrogen and oxygen atoms in total. The molecule has 0 bridgehead atoms. The molecule has 1 heterocycles. The molecule has 1 aliphatic heterocycles. The summed E-state index contributed by atoms with van der Waals surface area (Å²) in [6.07, 6.45) is 0.612. The van der Waals surface area contributed by atoms with E-state index < -0.39 is 12.0 Å². The lowest BCUT2D eigenvalue weighted by molar-refractivity contribution is -0.136. The monoisotopic (exact) mass is 344 g/mol. The number of esters is 1. The zero-order chi connectivity index (χ0) is 15.6. The van der Waals surface area contributed by atoms with Gasteiger partial charge in [0.1, 0.15) is 0 Å². The number of ether oxygens (including phenoxy) is 1. The van der Waals surface area contributed by atoms with E-state index in [1.165, 1.54) is 7.11 Å². The van der Waals surface area contributed by atoms with Crippen LogP contribution in [0.15, 0.2) is 29.5 Å². The lowest BCUT2D eigenvalue weighted by Crippen LogP contribution is -2.45. The molecule has 0 amide bonds. The number of benzene rings is 1. The third kappa shape index (κ3) is 3.15. The highest BCUT2D eigenvalue weighted by molar-refractivity contribution is 7.80. The van der Waals surface area contributed by atoms with Gasteiger partial charge in [-0.15, -0.1) is 0 Å². The fraction of sp³-hybridized carbons (Fsp3) is 0.286. The lowest BCUT2D eigenvalue weighted by Gasteiger charge is -2.31. The van der Waals surface area contributed by atoms with Crippen LogP contribution in [0.2, 0.25) is 10.0 Å². The second kappa shape index (κ2) is 6.64. The maximum absolute atomic E-state index is 12.1. The first-order valence-corrected chi connectivity index (χ1v) is 7.48. The Morgan fingerprint density at radius 1 is 1.43 bits per heavy atom. The van der Waals surface area contributed by atoms with Gasteiger partial charge in [0.2, 0.25) is 0 Å². The van der Waals surface area contributed by atoms with Gasteiger partial charge in [0.15, 0.2) is 5.11 Å². The second-order valence-corrected chi connectivity index (χ2v) is 5.61. The third-order valence-corrected chi connectivity index (χ3v) is 4.26. The predicted molar refractivity (Wildman–Crippen MR) is 87.4 cm³/mol. The number of methoxy groups -OCH3 is 1. The van der Waals surface area contributed by atoms with Crippen molar-refractivity contribution in [1.82, 2.24) is 10.6 Å². The molecule has 0 aliphatic carbocycles. The van der Waals surface area contributed by atoms with Crippen molar-refractivity contribution < 1.29 is 9.53 Å². The number of nitrogens with one attached hydrogen (secondary N) is 2. The Balaban J connectivity index is 2.60. The average Bonchev–Trinajstić information content (AvgIpc) is 2.48. The number of hydrogen-bond acceptors (Lipinski definition) is 3. The molecule has 2 N–H and O–H groups in total. The molecular formula is C14H14Cl2N2O2S. The Labute approximate surface area is 138 Å². The largest absolute Gasteiger partial charge is 0.466 e.